The van der Waals surface area contributed by atoms with E-state index in [1.165, 1.54) is 36.5 Å². The molecule has 4 heterocycles. The Balaban J connectivity index is 0.898. The number of anilines is 3. The van der Waals surface area contributed by atoms with Gasteiger partial charge in [-0.25, -0.2) is 14.4 Å². The third-order valence-corrected chi connectivity index (χ3v) is 14.0. The molecule has 1 saturated carbocycles. The lowest BCUT2D eigenvalue weighted by Crippen LogP contribution is -2.59. The molecule has 2 aliphatic rings. The highest BCUT2D eigenvalue weighted by molar-refractivity contribution is 7.13. The van der Waals surface area contributed by atoms with Crippen LogP contribution >= 0.6 is 11.3 Å². The number of amides is 7. The van der Waals surface area contributed by atoms with Crippen LogP contribution in [0.1, 0.15) is 99.9 Å². The molecule has 25 heteroatoms. The molecule has 3 aromatic heterocycles. The molecule has 2 aromatic carbocycles. The number of β-amino-alcohol motifs (C(OH)–C–C–N with tert-alkyl or cyclic N) is 1. The van der Waals surface area contributed by atoms with Crippen molar-refractivity contribution in [3.63, 3.8) is 0 Å². The highest BCUT2D eigenvalue weighted by Crippen LogP contribution is 2.41. The molecule has 0 unspecified atom stereocenters. The first-order valence-electron chi connectivity index (χ1n) is 25.2. The average molecular weight is 1080 g/mol. The number of aryl methyl sites for hydroxylation is 2. The number of ether oxygens (including phenoxy) is 1. The number of unbranched alkanes of at least 4 members (excludes halogenated alkanes) is 2. The lowest BCUT2D eigenvalue weighted by Gasteiger charge is -2.36. The van der Waals surface area contributed by atoms with Crippen LogP contribution in [0.3, 0.4) is 0 Å². The first-order chi connectivity index (χ1) is 36.7. The van der Waals surface area contributed by atoms with Crippen molar-refractivity contribution in [3.8, 4) is 27.6 Å². The fraction of sp³-hybridized carbons (Fsp3) is 0.462. The third-order valence-electron chi connectivity index (χ3n) is 13.1. The first kappa shape index (κ1) is 56.8. The maximum absolute atomic E-state index is 14.8. The Bertz CT molecular complexity index is 2980. The average Bonchev–Trinajstić information content (AvgIpc) is 3.65. The lowest BCUT2D eigenvalue weighted by molar-refractivity contribution is -0.145. The number of aliphatic hydroxyl groups excluding tert-OH is 1. The quantitative estimate of drug-likeness (QED) is 0.0432. The minimum Gasteiger partial charge on any atom is -0.494 e. The summed E-state index contributed by atoms with van der Waals surface area (Å²) in [6, 6.07) is 10.8. The molecule has 0 bridgehead atoms. The van der Waals surface area contributed by atoms with Crippen LogP contribution in [-0.2, 0) is 35.8 Å². The number of hydrogen-bond donors (Lipinski definition) is 8. The van der Waals surface area contributed by atoms with E-state index in [-0.39, 0.29) is 80.8 Å². The Kier molecular flexibility index (Phi) is 18.3. The summed E-state index contributed by atoms with van der Waals surface area (Å²) in [5.74, 6) is -3.21. The number of aliphatic hydroxyl groups is 1. The Morgan fingerprint density at radius 3 is 2.34 bits per heavy atom. The van der Waals surface area contributed by atoms with E-state index in [4.69, 9.17) is 4.74 Å². The number of thiazole rings is 1. The van der Waals surface area contributed by atoms with Gasteiger partial charge in [0.25, 0.3) is 11.8 Å². The van der Waals surface area contributed by atoms with Crippen molar-refractivity contribution in [1.29, 1.82) is 0 Å². The summed E-state index contributed by atoms with van der Waals surface area (Å²) in [6.45, 7) is 6.76. The molecule has 1 saturated heterocycles. The molecule has 4 atom stereocenters. The molecule has 5 aromatic rings. The van der Waals surface area contributed by atoms with Gasteiger partial charge in [0.2, 0.25) is 29.5 Å². The highest BCUT2D eigenvalue weighted by atomic mass is 32.1. The van der Waals surface area contributed by atoms with Gasteiger partial charge in [0, 0.05) is 46.1 Å². The summed E-state index contributed by atoms with van der Waals surface area (Å²) >= 11 is 1.48. The number of halogens is 1. The molecule has 0 radical (unpaired) electrons. The number of carbonyl (C=O) groups excluding carboxylic acids is 7. The highest BCUT2D eigenvalue weighted by Gasteiger charge is 2.53. The van der Waals surface area contributed by atoms with E-state index in [1.54, 1.807) is 74.7 Å². The molecule has 410 valence electrons. The van der Waals surface area contributed by atoms with Crippen LogP contribution in [0.5, 0.6) is 5.75 Å². The fourth-order valence-electron chi connectivity index (χ4n) is 8.68. The van der Waals surface area contributed by atoms with Crippen molar-refractivity contribution in [3.05, 3.63) is 77.3 Å². The number of nitrogens with one attached hydrogen (secondary N) is 7. The maximum atomic E-state index is 14.8. The topological polar surface area (TPSA) is 306 Å². The predicted octanol–water partition coefficient (Wildman–Crippen LogP) is 3.79. The van der Waals surface area contributed by atoms with Gasteiger partial charge in [0.15, 0.2) is 28.8 Å². The monoisotopic (exact) mass is 1080 g/mol. The maximum Gasteiger partial charge on any atom is 0.273 e. The number of alkyl halides is 1. The van der Waals surface area contributed by atoms with Crippen LogP contribution < -0.4 is 42.0 Å². The Morgan fingerprint density at radius 1 is 0.935 bits per heavy atom. The van der Waals surface area contributed by atoms with Gasteiger partial charge in [-0.1, -0.05) is 57.5 Å². The zero-order valence-corrected chi connectivity index (χ0v) is 44.8. The number of methoxy groups -OCH3 is 1. The van der Waals surface area contributed by atoms with Crippen LogP contribution in [0.2, 0.25) is 0 Å². The summed E-state index contributed by atoms with van der Waals surface area (Å²) in [7, 11) is 4.66. The van der Waals surface area contributed by atoms with Gasteiger partial charge in [0.1, 0.15) is 18.4 Å². The summed E-state index contributed by atoms with van der Waals surface area (Å²) in [6.07, 6.45) is 1.99. The third kappa shape index (κ3) is 14.5. The molecular formula is C52H65FN14O9S. The lowest BCUT2D eigenvalue weighted by atomic mass is 9.85. The summed E-state index contributed by atoms with van der Waals surface area (Å²) < 4.78 is 22.0. The molecule has 1 aliphatic heterocycles. The standard InChI is InChI=1S/C52H65FN14O9S/c1-29-44(77-28-58-29)31-17-15-30(16-18-31)35(60-47(72)37-22-32(68)26-67(37)49(74)45(51(2,3)4)62-50(75)52(53)19-20-52)24-40(70)55-21-10-8-9-14-39(69)56-25-41(71)61-38-23-36(42(64-63-38)48(73)54-5)59-34-13-11-12-33(43(34)76-7)46-57-27-66(6)65-46/h11-13,15-18,23,27-28,32,35,37,45,68H,8-10,14,19-22,24-26H2,1-7H3,(H,54,73)(H,55,70)(H,56,69)(H,60,72)(H,62,75)(H2,59,61,63,71)/t32-,35+,37+,45-/m1/s1. The Hall–Kier alpha value is -7.93. The summed E-state index contributed by atoms with van der Waals surface area (Å²) in [4.78, 5) is 104. The van der Waals surface area contributed by atoms with Crippen molar-refractivity contribution < 1.29 is 47.8 Å². The minimum absolute atomic E-state index is 0.00362. The molecule has 2 fully saturated rings. The number of nitrogens with zero attached hydrogens (tertiary/aromatic N) is 7. The van der Waals surface area contributed by atoms with Gasteiger partial charge in [0.05, 0.1) is 65.2 Å². The van der Waals surface area contributed by atoms with E-state index in [9.17, 15) is 43.1 Å². The van der Waals surface area contributed by atoms with Crippen molar-refractivity contribution in [2.24, 2.45) is 12.5 Å². The zero-order chi connectivity index (χ0) is 55.6. The van der Waals surface area contributed by atoms with Gasteiger partial charge >= 0.3 is 0 Å². The number of likely N-dealkylation sites (tertiary alicyclic amines) is 1. The number of rotatable bonds is 23. The van der Waals surface area contributed by atoms with Crippen molar-refractivity contribution in [2.45, 2.75) is 109 Å². The van der Waals surface area contributed by atoms with Gasteiger partial charge in [-0.05, 0) is 61.3 Å². The second-order valence-corrected chi connectivity index (χ2v) is 21.0. The normalized spacial score (nSPS) is 16.4. The number of aromatic nitrogens is 6. The minimum atomic E-state index is -2.03. The smallest absolute Gasteiger partial charge is 0.273 e. The van der Waals surface area contributed by atoms with Crippen LogP contribution in [0.25, 0.3) is 21.8 Å². The van der Waals surface area contributed by atoms with Crippen LogP contribution in [0.4, 0.5) is 21.6 Å². The molecule has 8 N–H and O–H groups in total. The second-order valence-electron chi connectivity index (χ2n) is 20.1. The van der Waals surface area contributed by atoms with Gasteiger partial charge in [-0.2, -0.15) is 5.10 Å². The van der Waals surface area contributed by atoms with E-state index in [0.29, 0.717) is 47.7 Å². The van der Waals surface area contributed by atoms with Crippen LogP contribution in [0.15, 0.2) is 60.4 Å². The van der Waals surface area contributed by atoms with Crippen molar-refractivity contribution in [1.82, 2.24) is 61.4 Å². The van der Waals surface area contributed by atoms with E-state index < -0.39 is 64.8 Å². The number of hydrogen-bond acceptors (Lipinski definition) is 16. The van der Waals surface area contributed by atoms with E-state index in [2.05, 4.69) is 62.5 Å². The molecule has 0 spiro atoms. The molecular weight excluding hydrogens is 1020 g/mol. The van der Waals surface area contributed by atoms with Crippen LogP contribution in [0, 0.1) is 12.3 Å². The molecule has 1 aliphatic carbocycles. The van der Waals surface area contributed by atoms with Crippen LogP contribution in [-0.4, -0.2) is 139 Å². The summed E-state index contributed by atoms with van der Waals surface area (Å²) in [5, 5.41) is 42.4. The predicted molar refractivity (Wildman–Crippen MR) is 283 cm³/mol. The molecule has 7 rings (SSSR count). The second kappa shape index (κ2) is 24.8. The zero-order valence-electron chi connectivity index (χ0n) is 44.0. The Morgan fingerprint density at radius 2 is 1.69 bits per heavy atom. The molecule has 77 heavy (non-hydrogen) atoms. The van der Waals surface area contributed by atoms with Crippen molar-refractivity contribution in [2.75, 3.05) is 44.4 Å². The van der Waals surface area contributed by atoms with Gasteiger partial charge in [-0.15, -0.1) is 21.5 Å². The molecule has 7 amide bonds. The molecule has 23 nitrogen and oxygen atoms in total. The van der Waals surface area contributed by atoms with Gasteiger partial charge in [-0.3, -0.25) is 38.2 Å². The number of carbonyl (C=O) groups is 7. The number of para-hydroxylation sites is 1. The Labute approximate surface area is 448 Å². The summed E-state index contributed by atoms with van der Waals surface area (Å²) in [5.41, 5.74) is 2.38. The largest absolute Gasteiger partial charge is 0.494 e. The van der Waals surface area contributed by atoms with Crippen molar-refractivity contribution >= 4 is 69.9 Å². The van der Waals surface area contributed by atoms with E-state index >= 15 is 0 Å². The SMILES string of the molecule is CNC(=O)c1nnc(NC(=O)CNC(=O)CCCCCNC(=O)C[C@H](NC(=O)[C@@H]2C[C@@H](O)CN2C(=O)[C@@H](NC(=O)C2(F)CC2)C(C)(C)C)c2ccc(-c3scnc3C)cc2)cc1Nc1cccc(-c2ncn(C)n2)c1OC. The first-order valence-corrected chi connectivity index (χ1v) is 26.1. The fourth-order valence-corrected chi connectivity index (χ4v) is 9.50. The van der Waals surface area contributed by atoms with E-state index in [1.807, 2.05) is 19.1 Å². The number of benzene rings is 2. The van der Waals surface area contributed by atoms with E-state index in [0.717, 1.165) is 16.1 Å². The van der Waals surface area contributed by atoms with Gasteiger partial charge < -0.3 is 52.0 Å².